The average molecular weight is 294 g/mol. The van der Waals surface area contributed by atoms with Gasteiger partial charge in [-0.1, -0.05) is 20.8 Å². The molecule has 2 unspecified atom stereocenters. The number of carbonyl (C=O) groups excluding carboxylic acids is 1. The van der Waals surface area contributed by atoms with Gasteiger partial charge in [0.25, 0.3) is 0 Å². The summed E-state index contributed by atoms with van der Waals surface area (Å²) in [5.74, 6) is 0.792. The number of piperidine rings is 1. The quantitative estimate of drug-likeness (QED) is 0.929. The number of nitrogens with one attached hydrogen (secondary N) is 1. The first-order chi connectivity index (χ1) is 9.34. The Kier molecular flexibility index (Phi) is 4.86. The molecular weight excluding hydrogens is 268 g/mol. The van der Waals surface area contributed by atoms with Crippen LogP contribution < -0.4 is 5.32 Å². The lowest BCUT2D eigenvalue weighted by atomic mass is 9.88. The van der Waals surface area contributed by atoms with Crippen LogP contribution in [-0.2, 0) is 11.2 Å². The molecule has 0 saturated carbocycles. The molecule has 1 aromatic heterocycles. The summed E-state index contributed by atoms with van der Waals surface area (Å²) in [5.41, 5.74) is 1.12. The Morgan fingerprint density at radius 3 is 2.80 bits per heavy atom. The number of amides is 1. The summed E-state index contributed by atoms with van der Waals surface area (Å²) in [4.78, 5) is 14.5. The van der Waals surface area contributed by atoms with Crippen molar-refractivity contribution in [3.63, 3.8) is 0 Å². The van der Waals surface area contributed by atoms with Crippen molar-refractivity contribution in [3.8, 4) is 0 Å². The SMILES string of the molecule is CN1CC(Cc2ccsc2)CC(NC(=O)C(C)(C)C)C1. The molecule has 1 aliphatic heterocycles. The van der Waals surface area contributed by atoms with E-state index in [4.69, 9.17) is 0 Å². The molecule has 4 heteroatoms. The Morgan fingerprint density at radius 1 is 1.45 bits per heavy atom. The number of likely N-dealkylation sites (tertiary alicyclic amines) is 1. The highest BCUT2D eigenvalue weighted by molar-refractivity contribution is 7.07. The normalized spacial score (nSPS) is 24.6. The number of thiophene rings is 1. The van der Waals surface area contributed by atoms with E-state index in [1.54, 1.807) is 11.3 Å². The first-order valence-corrected chi connectivity index (χ1v) is 8.29. The van der Waals surface area contributed by atoms with E-state index in [2.05, 4.69) is 34.1 Å². The molecule has 1 aromatic rings. The van der Waals surface area contributed by atoms with Gasteiger partial charge in [-0.3, -0.25) is 4.79 Å². The summed E-state index contributed by atoms with van der Waals surface area (Å²) in [5, 5.41) is 7.59. The van der Waals surface area contributed by atoms with E-state index in [0.717, 1.165) is 25.9 Å². The van der Waals surface area contributed by atoms with E-state index in [0.29, 0.717) is 5.92 Å². The molecule has 0 aliphatic carbocycles. The second-order valence-electron chi connectivity index (χ2n) is 7.08. The van der Waals surface area contributed by atoms with Crippen molar-refractivity contribution in [2.24, 2.45) is 11.3 Å². The van der Waals surface area contributed by atoms with Crippen molar-refractivity contribution < 1.29 is 4.79 Å². The summed E-state index contributed by atoms with van der Waals surface area (Å²) >= 11 is 1.76. The largest absolute Gasteiger partial charge is 0.352 e. The maximum absolute atomic E-state index is 12.1. The van der Waals surface area contributed by atoms with Gasteiger partial charge >= 0.3 is 0 Å². The molecule has 3 nitrogen and oxygen atoms in total. The monoisotopic (exact) mass is 294 g/mol. The predicted molar refractivity (Wildman–Crippen MR) is 85.0 cm³/mol. The molecule has 1 N–H and O–H groups in total. The van der Waals surface area contributed by atoms with Gasteiger partial charge in [0, 0.05) is 24.5 Å². The van der Waals surface area contributed by atoms with Crippen LogP contribution in [0, 0.1) is 11.3 Å². The summed E-state index contributed by atoms with van der Waals surface area (Å²) in [6, 6.07) is 2.49. The van der Waals surface area contributed by atoms with Crippen LogP contribution in [0.15, 0.2) is 16.8 Å². The van der Waals surface area contributed by atoms with E-state index >= 15 is 0 Å². The number of carbonyl (C=O) groups is 1. The summed E-state index contributed by atoms with van der Waals surface area (Å²) < 4.78 is 0. The van der Waals surface area contributed by atoms with Crippen molar-refractivity contribution in [1.29, 1.82) is 0 Å². The number of nitrogens with zero attached hydrogens (tertiary/aromatic N) is 1. The Morgan fingerprint density at radius 2 is 2.20 bits per heavy atom. The van der Waals surface area contributed by atoms with Gasteiger partial charge in [-0.05, 0) is 48.2 Å². The summed E-state index contributed by atoms with van der Waals surface area (Å²) in [6.45, 7) is 7.99. The minimum Gasteiger partial charge on any atom is -0.352 e. The van der Waals surface area contributed by atoms with Crippen molar-refractivity contribution in [1.82, 2.24) is 10.2 Å². The molecule has 0 spiro atoms. The van der Waals surface area contributed by atoms with E-state index in [1.165, 1.54) is 5.56 Å². The van der Waals surface area contributed by atoms with Crippen LogP contribution in [0.1, 0.15) is 32.8 Å². The minimum atomic E-state index is -0.307. The molecule has 2 atom stereocenters. The maximum atomic E-state index is 12.1. The van der Waals surface area contributed by atoms with Crippen LogP contribution in [0.4, 0.5) is 0 Å². The molecule has 1 fully saturated rings. The lowest BCUT2D eigenvalue weighted by Gasteiger charge is -2.37. The van der Waals surface area contributed by atoms with Crippen molar-refractivity contribution in [2.75, 3.05) is 20.1 Å². The lowest BCUT2D eigenvalue weighted by molar-refractivity contribution is -0.129. The fourth-order valence-corrected chi connectivity index (χ4v) is 3.52. The molecule has 0 bridgehead atoms. The van der Waals surface area contributed by atoms with Gasteiger partial charge < -0.3 is 10.2 Å². The minimum absolute atomic E-state index is 0.159. The smallest absolute Gasteiger partial charge is 0.225 e. The molecule has 0 aromatic carbocycles. The highest BCUT2D eigenvalue weighted by Gasteiger charge is 2.29. The second kappa shape index (κ2) is 6.27. The van der Waals surface area contributed by atoms with E-state index in [9.17, 15) is 4.79 Å². The van der Waals surface area contributed by atoms with E-state index in [1.807, 2.05) is 20.8 Å². The third kappa shape index (κ3) is 4.32. The topological polar surface area (TPSA) is 32.3 Å². The third-order valence-corrected chi connectivity index (χ3v) is 4.57. The van der Waals surface area contributed by atoms with Gasteiger partial charge in [-0.25, -0.2) is 0 Å². The van der Waals surface area contributed by atoms with Crippen LogP contribution in [0.25, 0.3) is 0 Å². The molecule has 20 heavy (non-hydrogen) atoms. The van der Waals surface area contributed by atoms with Gasteiger partial charge in [-0.15, -0.1) is 0 Å². The number of likely N-dealkylation sites (N-methyl/N-ethyl adjacent to an activating group) is 1. The van der Waals surface area contributed by atoms with Crippen molar-refractivity contribution >= 4 is 17.2 Å². The fourth-order valence-electron chi connectivity index (χ4n) is 2.84. The van der Waals surface area contributed by atoms with Crippen LogP contribution in [0.3, 0.4) is 0 Å². The Hall–Kier alpha value is -0.870. The first kappa shape index (κ1) is 15.5. The van der Waals surface area contributed by atoms with Crippen LogP contribution in [0.5, 0.6) is 0 Å². The zero-order valence-electron chi connectivity index (χ0n) is 13.0. The van der Waals surface area contributed by atoms with Gasteiger partial charge in [0.05, 0.1) is 0 Å². The van der Waals surface area contributed by atoms with Crippen LogP contribution in [0.2, 0.25) is 0 Å². The second-order valence-corrected chi connectivity index (χ2v) is 7.86. The van der Waals surface area contributed by atoms with Crippen molar-refractivity contribution in [3.05, 3.63) is 22.4 Å². The Bertz CT molecular complexity index is 436. The van der Waals surface area contributed by atoms with Gasteiger partial charge in [0.2, 0.25) is 5.91 Å². The molecule has 1 saturated heterocycles. The van der Waals surface area contributed by atoms with Gasteiger partial charge in [0.15, 0.2) is 0 Å². The predicted octanol–water partition coefficient (Wildman–Crippen LogP) is 2.77. The molecule has 112 valence electrons. The Labute approximate surface area is 126 Å². The third-order valence-electron chi connectivity index (χ3n) is 3.84. The average Bonchev–Trinajstić information content (AvgIpc) is 2.79. The van der Waals surface area contributed by atoms with Crippen LogP contribution in [-0.4, -0.2) is 37.0 Å². The summed E-state index contributed by atoms with van der Waals surface area (Å²) in [7, 11) is 2.15. The van der Waals surface area contributed by atoms with E-state index in [-0.39, 0.29) is 17.4 Å². The molecular formula is C16H26N2OS. The number of rotatable bonds is 3. The van der Waals surface area contributed by atoms with E-state index < -0.39 is 0 Å². The maximum Gasteiger partial charge on any atom is 0.225 e. The van der Waals surface area contributed by atoms with Gasteiger partial charge in [0.1, 0.15) is 0 Å². The first-order valence-electron chi connectivity index (χ1n) is 7.35. The standard InChI is InChI=1S/C16H26N2OS/c1-16(2,3)15(19)17-14-8-13(9-18(4)10-14)7-12-5-6-20-11-12/h5-6,11,13-14H,7-10H2,1-4H3,(H,17,19). The zero-order chi connectivity index (χ0) is 14.8. The molecule has 1 amide bonds. The molecule has 2 rings (SSSR count). The number of hydrogen-bond donors (Lipinski definition) is 1. The molecule has 2 heterocycles. The number of hydrogen-bond acceptors (Lipinski definition) is 3. The Balaban J connectivity index is 1.92. The van der Waals surface area contributed by atoms with Gasteiger partial charge in [-0.2, -0.15) is 11.3 Å². The van der Waals surface area contributed by atoms with Crippen LogP contribution >= 0.6 is 11.3 Å². The highest BCUT2D eigenvalue weighted by atomic mass is 32.1. The summed E-state index contributed by atoms with van der Waals surface area (Å²) in [6.07, 6.45) is 2.21. The van der Waals surface area contributed by atoms with Crippen molar-refractivity contribution in [2.45, 2.75) is 39.7 Å². The fraction of sp³-hybridized carbons (Fsp3) is 0.688. The molecule has 0 radical (unpaired) electrons. The lowest BCUT2D eigenvalue weighted by Crippen LogP contribution is -2.52. The highest BCUT2D eigenvalue weighted by Crippen LogP contribution is 2.22. The molecule has 1 aliphatic rings. The zero-order valence-corrected chi connectivity index (χ0v) is 13.8.